The zero-order valence-corrected chi connectivity index (χ0v) is 13.9. The molecule has 0 aromatic heterocycles. The monoisotopic (exact) mass is 342 g/mol. The van der Waals surface area contributed by atoms with Gasteiger partial charge in [0.05, 0.1) is 9.82 Å². The lowest BCUT2D eigenvalue weighted by molar-refractivity contribution is -0.385. The predicted molar refractivity (Wildman–Crippen MR) is 86.9 cm³/mol. The molecule has 1 aromatic rings. The molecule has 2 N–H and O–H groups in total. The molecule has 0 radical (unpaired) electrons. The van der Waals surface area contributed by atoms with Crippen LogP contribution in [-0.2, 0) is 10.0 Å². The average molecular weight is 342 g/mol. The Kier molecular flexibility index (Phi) is 6.05. The van der Waals surface area contributed by atoms with Gasteiger partial charge in [0.1, 0.15) is 0 Å². The van der Waals surface area contributed by atoms with Crippen molar-refractivity contribution in [2.45, 2.75) is 18.2 Å². The van der Waals surface area contributed by atoms with Crippen LogP contribution in [0.3, 0.4) is 0 Å². The molecule has 9 heteroatoms. The lowest BCUT2D eigenvalue weighted by atomic mass is 10.2. The fraction of sp³-hybridized carbons (Fsp3) is 0.571. The highest BCUT2D eigenvalue weighted by Crippen LogP contribution is 2.24. The van der Waals surface area contributed by atoms with Gasteiger partial charge in [-0.05, 0) is 26.0 Å². The van der Waals surface area contributed by atoms with Crippen LogP contribution in [0, 0.1) is 17.0 Å². The molecule has 0 atom stereocenters. The van der Waals surface area contributed by atoms with Crippen LogP contribution < -0.4 is 10.0 Å². The smallest absolute Gasteiger partial charge is 0.273 e. The van der Waals surface area contributed by atoms with Crippen molar-refractivity contribution in [3.05, 3.63) is 33.9 Å². The van der Waals surface area contributed by atoms with Gasteiger partial charge in [-0.1, -0.05) is 6.07 Å². The van der Waals surface area contributed by atoms with Crippen LogP contribution in [0.5, 0.6) is 0 Å². The number of sulfonamides is 1. The molecular weight excluding hydrogens is 320 g/mol. The minimum absolute atomic E-state index is 0.0335. The van der Waals surface area contributed by atoms with Crippen LogP contribution in [0.2, 0.25) is 0 Å². The van der Waals surface area contributed by atoms with E-state index in [1.165, 1.54) is 25.1 Å². The van der Waals surface area contributed by atoms with E-state index in [0.29, 0.717) is 13.0 Å². The topological polar surface area (TPSA) is 105 Å². The molecule has 0 saturated carbocycles. The minimum Gasteiger partial charge on any atom is -0.314 e. The summed E-state index contributed by atoms with van der Waals surface area (Å²) in [6, 6.07) is 4.08. The van der Waals surface area contributed by atoms with Gasteiger partial charge >= 0.3 is 0 Å². The van der Waals surface area contributed by atoms with E-state index in [1.807, 2.05) is 0 Å². The second-order valence-corrected chi connectivity index (χ2v) is 7.24. The maximum Gasteiger partial charge on any atom is 0.273 e. The summed E-state index contributed by atoms with van der Waals surface area (Å²) in [5.41, 5.74) is -0.0270. The van der Waals surface area contributed by atoms with E-state index in [9.17, 15) is 18.5 Å². The number of nitrogens with zero attached hydrogens (tertiary/aromatic N) is 2. The summed E-state index contributed by atoms with van der Waals surface area (Å²) in [5, 5.41) is 14.2. The van der Waals surface area contributed by atoms with E-state index in [-0.39, 0.29) is 16.1 Å². The van der Waals surface area contributed by atoms with Gasteiger partial charge in [0.2, 0.25) is 10.0 Å². The van der Waals surface area contributed by atoms with Crippen molar-refractivity contribution in [1.29, 1.82) is 0 Å². The first kappa shape index (κ1) is 17.8. The summed E-state index contributed by atoms with van der Waals surface area (Å²) >= 11 is 0. The van der Waals surface area contributed by atoms with Crippen molar-refractivity contribution in [3.8, 4) is 0 Å². The van der Waals surface area contributed by atoms with Gasteiger partial charge < -0.3 is 10.2 Å². The summed E-state index contributed by atoms with van der Waals surface area (Å²) in [6.07, 6.45) is 0.702. The lowest BCUT2D eigenvalue weighted by Crippen LogP contribution is -2.44. The summed E-state index contributed by atoms with van der Waals surface area (Å²) in [6.45, 7) is 6.45. The van der Waals surface area contributed by atoms with E-state index in [4.69, 9.17) is 0 Å². The van der Waals surface area contributed by atoms with E-state index in [1.54, 1.807) is 0 Å². The molecule has 23 heavy (non-hydrogen) atoms. The number of hydrogen-bond acceptors (Lipinski definition) is 6. The van der Waals surface area contributed by atoms with Crippen molar-refractivity contribution in [2.24, 2.45) is 0 Å². The standard InChI is InChI=1S/C14H22N4O4S/c1-12-13(18(19)20)4-2-5-14(12)23(21,22)16-6-3-9-17-10-7-15-8-11-17/h2,4-5,15-16H,3,6-11H2,1H3. The first-order valence-electron chi connectivity index (χ1n) is 7.58. The van der Waals surface area contributed by atoms with Crippen molar-refractivity contribution in [3.63, 3.8) is 0 Å². The third kappa shape index (κ3) is 4.71. The van der Waals surface area contributed by atoms with Gasteiger partial charge in [-0.25, -0.2) is 13.1 Å². The van der Waals surface area contributed by atoms with E-state index < -0.39 is 14.9 Å². The Hall–Kier alpha value is -1.55. The first-order valence-corrected chi connectivity index (χ1v) is 9.07. The molecule has 128 valence electrons. The third-order valence-corrected chi connectivity index (χ3v) is 5.50. The maximum atomic E-state index is 12.3. The number of nitro groups is 1. The van der Waals surface area contributed by atoms with E-state index in [0.717, 1.165) is 32.7 Å². The van der Waals surface area contributed by atoms with Crippen LogP contribution >= 0.6 is 0 Å². The van der Waals surface area contributed by atoms with Crippen molar-refractivity contribution >= 4 is 15.7 Å². The number of nitro benzene ring substituents is 1. The zero-order valence-electron chi connectivity index (χ0n) is 13.1. The third-order valence-electron chi connectivity index (χ3n) is 3.89. The number of piperazine rings is 1. The molecule has 0 unspecified atom stereocenters. The van der Waals surface area contributed by atoms with Crippen molar-refractivity contribution in [1.82, 2.24) is 14.9 Å². The molecule has 0 bridgehead atoms. The lowest BCUT2D eigenvalue weighted by Gasteiger charge is -2.27. The van der Waals surface area contributed by atoms with E-state index >= 15 is 0 Å². The fourth-order valence-electron chi connectivity index (χ4n) is 2.61. The summed E-state index contributed by atoms with van der Waals surface area (Å²) in [7, 11) is -3.74. The van der Waals surface area contributed by atoms with Gasteiger partial charge in [-0.15, -0.1) is 0 Å². The molecule has 0 amide bonds. The van der Waals surface area contributed by atoms with Crippen LogP contribution in [0.1, 0.15) is 12.0 Å². The summed E-state index contributed by atoms with van der Waals surface area (Å²) in [5.74, 6) is 0. The molecule has 0 aliphatic carbocycles. The van der Waals surface area contributed by atoms with Crippen LogP contribution in [-0.4, -0.2) is 57.5 Å². The number of rotatable bonds is 7. The van der Waals surface area contributed by atoms with Gasteiger partial charge in [-0.2, -0.15) is 0 Å². The second kappa shape index (κ2) is 7.82. The SMILES string of the molecule is Cc1c([N+](=O)[O-])cccc1S(=O)(=O)NCCCN1CCNCC1. The molecule has 1 heterocycles. The Bertz CT molecular complexity index is 657. The number of hydrogen-bond donors (Lipinski definition) is 2. The molecule has 1 saturated heterocycles. The minimum atomic E-state index is -3.74. The van der Waals surface area contributed by atoms with E-state index in [2.05, 4.69) is 14.9 Å². The van der Waals surface area contributed by atoms with Crippen molar-refractivity contribution in [2.75, 3.05) is 39.3 Å². The highest BCUT2D eigenvalue weighted by Gasteiger charge is 2.22. The summed E-state index contributed by atoms with van der Waals surface area (Å²) < 4.78 is 27.2. The molecule has 1 aromatic carbocycles. The van der Waals surface area contributed by atoms with Gasteiger partial charge in [0.25, 0.3) is 5.69 Å². The Morgan fingerprint density at radius 2 is 2.04 bits per heavy atom. The normalized spacial score (nSPS) is 16.4. The molecule has 2 rings (SSSR count). The number of nitrogens with one attached hydrogen (secondary N) is 2. The Morgan fingerprint density at radius 1 is 1.35 bits per heavy atom. The molecule has 1 aliphatic rings. The van der Waals surface area contributed by atoms with Crippen LogP contribution in [0.15, 0.2) is 23.1 Å². The van der Waals surface area contributed by atoms with Gasteiger partial charge in [0.15, 0.2) is 0 Å². The molecule has 1 fully saturated rings. The quantitative estimate of drug-likeness (QED) is 0.424. The predicted octanol–water partition coefficient (Wildman–Crippen LogP) is 0.477. The zero-order chi connectivity index (χ0) is 16.9. The first-order chi connectivity index (χ1) is 10.9. The average Bonchev–Trinajstić information content (AvgIpc) is 2.52. The van der Waals surface area contributed by atoms with Gasteiger partial charge in [-0.3, -0.25) is 10.1 Å². The van der Waals surface area contributed by atoms with Crippen LogP contribution in [0.25, 0.3) is 0 Å². The highest BCUT2D eigenvalue weighted by molar-refractivity contribution is 7.89. The Balaban J connectivity index is 1.94. The largest absolute Gasteiger partial charge is 0.314 e. The Morgan fingerprint density at radius 3 is 2.70 bits per heavy atom. The fourth-order valence-corrected chi connectivity index (χ4v) is 3.95. The summed E-state index contributed by atoms with van der Waals surface area (Å²) in [4.78, 5) is 12.6. The second-order valence-electron chi connectivity index (χ2n) is 5.50. The Labute approximate surface area is 136 Å². The van der Waals surface area contributed by atoms with Crippen molar-refractivity contribution < 1.29 is 13.3 Å². The maximum absolute atomic E-state index is 12.3. The molecular formula is C14H22N4O4S. The molecule has 1 aliphatic heterocycles. The number of benzene rings is 1. The van der Waals surface area contributed by atoms with Crippen LogP contribution in [0.4, 0.5) is 5.69 Å². The molecule has 8 nitrogen and oxygen atoms in total. The highest BCUT2D eigenvalue weighted by atomic mass is 32.2. The molecule has 0 spiro atoms. The van der Waals surface area contributed by atoms with Gasteiger partial charge in [0, 0.05) is 44.4 Å².